The Morgan fingerprint density at radius 3 is 2.86 bits per heavy atom. The molecule has 2 heterocycles. The average Bonchev–Trinajstić information content (AvgIpc) is 3.05. The van der Waals surface area contributed by atoms with Crippen LogP contribution in [0.15, 0.2) is 34.1 Å². The number of carbonyl (C=O) groups excluding carboxylic acids is 1. The van der Waals surface area contributed by atoms with E-state index in [4.69, 9.17) is 10.2 Å². The molecule has 0 bridgehead atoms. The maximum atomic E-state index is 11.8. The number of nitrogens with zero attached hydrogens (tertiary/aromatic N) is 2. The molecule has 0 spiro atoms. The molecule has 0 atom stereocenters. The smallest absolute Gasteiger partial charge is 0.286 e. The fourth-order valence-corrected chi connectivity index (χ4v) is 2.42. The molecule has 0 saturated heterocycles. The molecule has 3 N–H and O–H groups in total. The molecule has 0 aliphatic heterocycles. The van der Waals surface area contributed by atoms with Crippen molar-refractivity contribution in [3.8, 4) is 0 Å². The Morgan fingerprint density at radius 2 is 2.23 bits per heavy atom. The molecule has 1 amide bonds. The third kappa shape index (κ3) is 5.92. The number of rotatable bonds is 7. The van der Waals surface area contributed by atoms with E-state index < -0.39 is 0 Å². The van der Waals surface area contributed by atoms with Gasteiger partial charge in [0.25, 0.3) is 5.91 Å². The summed E-state index contributed by atoms with van der Waals surface area (Å²) in [6, 6.07) is 3.50. The van der Waals surface area contributed by atoms with Gasteiger partial charge in [0.15, 0.2) is 10.9 Å². The monoisotopic (exact) mass is 366 g/mol. The molecule has 0 saturated carbocycles. The Hall–Kier alpha value is -1.15. The zero-order valence-electron chi connectivity index (χ0n) is 12.2. The van der Waals surface area contributed by atoms with Gasteiger partial charge >= 0.3 is 0 Å². The molecule has 2 aromatic heterocycles. The molecule has 0 radical (unpaired) electrons. The van der Waals surface area contributed by atoms with Crippen molar-refractivity contribution in [3.63, 3.8) is 0 Å². The summed E-state index contributed by atoms with van der Waals surface area (Å²) in [5.74, 6) is 1.52. The number of hydrogen-bond donors (Lipinski definition) is 2. The van der Waals surface area contributed by atoms with Crippen molar-refractivity contribution in [1.29, 1.82) is 0 Å². The summed E-state index contributed by atoms with van der Waals surface area (Å²) in [6.07, 6.45) is 4.40. The molecule has 9 heteroatoms. The minimum Gasteiger partial charge on any atom is -0.455 e. The van der Waals surface area contributed by atoms with Gasteiger partial charge in [0.05, 0.1) is 5.75 Å². The lowest BCUT2D eigenvalue weighted by Gasteiger charge is -2.01. The lowest BCUT2D eigenvalue weighted by Crippen LogP contribution is -2.25. The molecule has 0 unspecified atom stereocenters. The fraction of sp³-hybridized carbons (Fsp3) is 0.385. The average molecular weight is 367 g/mol. The van der Waals surface area contributed by atoms with Gasteiger partial charge in [0.1, 0.15) is 5.76 Å². The molecule has 22 heavy (non-hydrogen) atoms. The van der Waals surface area contributed by atoms with E-state index in [0.29, 0.717) is 24.6 Å². The Bertz CT molecular complexity index is 574. The second-order valence-corrected chi connectivity index (χ2v) is 5.22. The van der Waals surface area contributed by atoms with Gasteiger partial charge in [0, 0.05) is 26.0 Å². The number of furan rings is 1. The van der Waals surface area contributed by atoms with Gasteiger partial charge in [-0.15, -0.1) is 24.8 Å². The van der Waals surface area contributed by atoms with Crippen molar-refractivity contribution in [2.75, 3.05) is 13.1 Å². The number of imidazole rings is 1. The molecular weight excluding hydrogens is 347 g/mol. The van der Waals surface area contributed by atoms with Crippen LogP contribution in [0.25, 0.3) is 0 Å². The van der Waals surface area contributed by atoms with Crippen LogP contribution in [0, 0.1) is 0 Å². The van der Waals surface area contributed by atoms with Crippen LogP contribution in [-0.2, 0) is 12.8 Å². The van der Waals surface area contributed by atoms with Gasteiger partial charge in [-0.25, -0.2) is 4.98 Å². The van der Waals surface area contributed by atoms with E-state index in [-0.39, 0.29) is 30.7 Å². The normalized spacial score (nSPS) is 9.73. The van der Waals surface area contributed by atoms with Crippen molar-refractivity contribution >= 4 is 42.5 Å². The molecule has 2 aromatic rings. The van der Waals surface area contributed by atoms with Crippen LogP contribution in [0.5, 0.6) is 0 Å². The van der Waals surface area contributed by atoms with E-state index in [9.17, 15) is 4.79 Å². The van der Waals surface area contributed by atoms with E-state index in [2.05, 4.69) is 10.3 Å². The Balaban J connectivity index is 0.00000220. The van der Waals surface area contributed by atoms with Gasteiger partial charge in [-0.3, -0.25) is 4.79 Å². The van der Waals surface area contributed by atoms with Crippen molar-refractivity contribution in [2.24, 2.45) is 12.8 Å². The molecule has 0 aliphatic carbocycles. The van der Waals surface area contributed by atoms with Gasteiger partial charge in [-0.05, 0) is 25.1 Å². The highest BCUT2D eigenvalue weighted by Crippen LogP contribution is 2.21. The zero-order chi connectivity index (χ0) is 14.4. The molecule has 2 rings (SSSR count). The Kier molecular flexibility index (Phi) is 10.0. The van der Waals surface area contributed by atoms with Crippen molar-refractivity contribution < 1.29 is 9.21 Å². The van der Waals surface area contributed by atoms with Crippen LogP contribution in [0.2, 0.25) is 0 Å². The minimum absolute atomic E-state index is 0. The quantitative estimate of drug-likeness (QED) is 0.579. The summed E-state index contributed by atoms with van der Waals surface area (Å²) in [7, 11) is 1.94. The van der Waals surface area contributed by atoms with Gasteiger partial charge in [-0.2, -0.15) is 0 Å². The first-order valence-corrected chi connectivity index (χ1v) is 7.36. The second kappa shape index (κ2) is 10.6. The lowest BCUT2D eigenvalue weighted by atomic mass is 10.4. The van der Waals surface area contributed by atoms with E-state index >= 15 is 0 Å². The molecule has 0 fully saturated rings. The van der Waals surface area contributed by atoms with E-state index in [1.54, 1.807) is 24.0 Å². The second-order valence-electron chi connectivity index (χ2n) is 4.27. The minimum atomic E-state index is -0.202. The largest absolute Gasteiger partial charge is 0.455 e. The molecule has 124 valence electrons. The fourth-order valence-electron chi connectivity index (χ4n) is 1.60. The molecular formula is C13H20Cl2N4O2S. The van der Waals surface area contributed by atoms with Crippen LogP contribution in [0.3, 0.4) is 0 Å². The SMILES string of the molecule is Cl.Cl.Cn1ccnc1SCc1ccc(C(=O)NCCCN)o1. The van der Waals surface area contributed by atoms with Crippen molar-refractivity contribution in [2.45, 2.75) is 17.3 Å². The maximum Gasteiger partial charge on any atom is 0.286 e. The van der Waals surface area contributed by atoms with Gasteiger partial charge in [0.2, 0.25) is 0 Å². The predicted octanol–water partition coefficient (Wildman–Crippen LogP) is 2.23. The highest BCUT2D eigenvalue weighted by Gasteiger charge is 2.11. The highest BCUT2D eigenvalue weighted by molar-refractivity contribution is 7.98. The number of halogens is 2. The van der Waals surface area contributed by atoms with E-state index in [0.717, 1.165) is 17.3 Å². The number of nitrogens with one attached hydrogen (secondary N) is 1. The number of aryl methyl sites for hydroxylation is 1. The summed E-state index contributed by atoms with van der Waals surface area (Å²) in [5, 5.41) is 3.67. The van der Waals surface area contributed by atoms with Gasteiger partial charge in [-0.1, -0.05) is 11.8 Å². The molecule has 0 aromatic carbocycles. The topological polar surface area (TPSA) is 86.1 Å². The zero-order valence-corrected chi connectivity index (χ0v) is 14.6. The third-order valence-electron chi connectivity index (χ3n) is 2.67. The first-order chi connectivity index (χ1) is 9.70. The van der Waals surface area contributed by atoms with Crippen LogP contribution in [-0.4, -0.2) is 28.5 Å². The van der Waals surface area contributed by atoms with Crippen LogP contribution >= 0.6 is 36.6 Å². The summed E-state index contributed by atoms with van der Waals surface area (Å²) in [4.78, 5) is 16.0. The maximum absolute atomic E-state index is 11.8. The first kappa shape index (κ1) is 20.9. The number of hydrogen-bond acceptors (Lipinski definition) is 5. The van der Waals surface area contributed by atoms with E-state index in [1.165, 1.54) is 0 Å². The summed E-state index contributed by atoms with van der Waals surface area (Å²) >= 11 is 1.56. The summed E-state index contributed by atoms with van der Waals surface area (Å²) in [5.41, 5.74) is 5.37. The van der Waals surface area contributed by atoms with Crippen LogP contribution in [0.1, 0.15) is 22.7 Å². The number of nitrogens with two attached hydrogens (primary N) is 1. The van der Waals surface area contributed by atoms with E-state index in [1.807, 2.05) is 23.9 Å². The molecule has 6 nitrogen and oxygen atoms in total. The van der Waals surface area contributed by atoms with Crippen LogP contribution in [0.4, 0.5) is 0 Å². The third-order valence-corrected chi connectivity index (χ3v) is 3.75. The predicted molar refractivity (Wildman–Crippen MR) is 92.0 cm³/mol. The Labute approximate surface area is 146 Å². The van der Waals surface area contributed by atoms with Crippen LogP contribution < -0.4 is 11.1 Å². The summed E-state index contributed by atoms with van der Waals surface area (Å²) < 4.78 is 7.45. The lowest BCUT2D eigenvalue weighted by molar-refractivity contribution is 0.0924. The Morgan fingerprint density at radius 1 is 1.45 bits per heavy atom. The number of amides is 1. The number of thioether (sulfide) groups is 1. The molecule has 0 aliphatic rings. The van der Waals surface area contributed by atoms with Crippen molar-refractivity contribution in [3.05, 3.63) is 36.0 Å². The standard InChI is InChI=1S/C13H18N4O2S.2ClH/c1-17-8-7-16-13(17)20-9-10-3-4-11(19-10)12(18)15-6-2-5-14;;/h3-4,7-8H,2,5-6,9,14H2,1H3,(H,15,18);2*1H. The van der Waals surface area contributed by atoms with Gasteiger partial charge < -0.3 is 20.0 Å². The summed E-state index contributed by atoms with van der Waals surface area (Å²) in [6.45, 7) is 1.12. The number of carbonyl (C=O) groups is 1. The number of aromatic nitrogens is 2. The van der Waals surface area contributed by atoms with Crippen molar-refractivity contribution in [1.82, 2.24) is 14.9 Å². The highest BCUT2D eigenvalue weighted by atomic mass is 35.5. The first-order valence-electron chi connectivity index (χ1n) is 6.38.